The van der Waals surface area contributed by atoms with Crippen LogP contribution in [0, 0.1) is 5.82 Å². The van der Waals surface area contributed by atoms with Crippen LogP contribution in [0.2, 0.25) is 5.02 Å². The van der Waals surface area contributed by atoms with Gasteiger partial charge in [-0.15, -0.1) is 10.2 Å². The van der Waals surface area contributed by atoms with E-state index in [0.29, 0.717) is 5.56 Å². The third-order valence-electron chi connectivity index (χ3n) is 3.21. The molecule has 0 atom stereocenters. The Hall–Kier alpha value is -3.06. The molecule has 3 aromatic rings. The molecule has 0 aliphatic carbocycles. The van der Waals surface area contributed by atoms with Gasteiger partial charge in [-0.3, -0.25) is 4.99 Å². The molecule has 0 saturated carbocycles. The van der Waals surface area contributed by atoms with Crippen molar-refractivity contribution in [2.75, 3.05) is 0 Å². The van der Waals surface area contributed by atoms with Gasteiger partial charge in [0.15, 0.2) is 5.69 Å². The summed E-state index contributed by atoms with van der Waals surface area (Å²) in [6, 6.07) is 8.43. The van der Waals surface area contributed by atoms with Crippen molar-refractivity contribution in [3.63, 3.8) is 0 Å². The van der Waals surface area contributed by atoms with Gasteiger partial charge in [0.2, 0.25) is 0 Å². The number of aromatic nitrogens is 2. The first kappa shape index (κ1) is 15.8. The molecule has 1 heterocycles. The Bertz CT molecular complexity index is 974. The largest absolute Gasteiger partial charge is 0.508 e. The van der Waals surface area contributed by atoms with Crippen LogP contribution in [-0.2, 0) is 0 Å². The number of phenolic OH excluding ortho intramolecular Hbond substituents is 1. The van der Waals surface area contributed by atoms with E-state index in [1.807, 2.05) is 0 Å². The van der Waals surface area contributed by atoms with Gasteiger partial charge >= 0.3 is 5.97 Å². The molecule has 0 unspecified atom stereocenters. The minimum atomic E-state index is -1.34. The first-order valence-corrected chi connectivity index (χ1v) is 7.05. The molecule has 0 spiro atoms. The zero-order valence-electron chi connectivity index (χ0n) is 11.9. The molecule has 0 saturated heterocycles. The van der Waals surface area contributed by atoms with Crippen molar-refractivity contribution < 1.29 is 19.4 Å². The van der Waals surface area contributed by atoms with Gasteiger partial charge in [0.1, 0.15) is 17.3 Å². The number of aromatic hydroxyl groups is 1. The number of rotatable bonds is 3. The van der Waals surface area contributed by atoms with Gasteiger partial charge in [-0.2, -0.15) is 0 Å². The Balaban J connectivity index is 2.19. The van der Waals surface area contributed by atoms with E-state index in [-0.39, 0.29) is 27.4 Å². The van der Waals surface area contributed by atoms with Crippen molar-refractivity contribution in [3.05, 3.63) is 58.5 Å². The summed E-state index contributed by atoms with van der Waals surface area (Å²) >= 11 is 5.71. The van der Waals surface area contributed by atoms with Crippen molar-refractivity contribution in [1.29, 1.82) is 0 Å². The Morgan fingerprint density at radius 3 is 2.58 bits per heavy atom. The first-order valence-electron chi connectivity index (χ1n) is 6.67. The van der Waals surface area contributed by atoms with Crippen LogP contribution in [0.4, 0.5) is 10.1 Å². The van der Waals surface area contributed by atoms with Crippen LogP contribution in [0.1, 0.15) is 16.1 Å². The van der Waals surface area contributed by atoms with Gasteiger partial charge in [0.05, 0.1) is 10.5 Å². The fourth-order valence-corrected chi connectivity index (χ4v) is 2.22. The zero-order valence-corrected chi connectivity index (χ0v) is 12.7. The topological polar surface area (TPSA) is 95.7 Å². The molecule has 0 aliphatic heterocycles. The van der Waals surface area contributed by atoms with Crippen LogP contribution in [-0.4, -0.2) is 32.6 Å². The number of fused-ring (bicyclic) bond motifs is 1. The third-order valence-corrected chi connectivity index (χ3v) is 3.50. The maximum Gasteiger partial charge on any atom is 0.358 e. The lowest BCUT2D eigenvalue weighted by atomic mass is 10.1. The van der Waals surface area contributed by atoms with Crippen LogP contribution >= 0.6 is 11.6 Å². The molecule has 2 aromatic carbocycles. The van der Waals surface area contributed by atoms with E-state index in [2.05, 4.69) is 15.2 Å². The molecule has 6 nitrogen and oxygen atoms in total. The monoisotopic (exact) mass is 345 g/mol. The summed E-state index contributed by atoms with van der Waals surface area (Å²) in [5, 5.41) is 25.9. The summed E-state index contributed by atoms with van der Waals surface area (Å²) in [6.45, 7) is 0. The number of hydrogen-bond donors (Lipinski definition) is 2. The summed E-state index contributed by atoms with van der Waals surface area (Å²) in [5.41, 5.74) is 0.406. The lowest BCUT2D eigenvalue weighted by Crippen LogP contribution is -2.03. The highest BCUT2D eigenvalue weighted by Crippen LogP contribution is 2.31. The summed E-state index contributed by atoms with van der Waals surface area (Å²) in [5.74, 6) is -1.96. The minimum Gasteiger partial charge on any atom is -0.508 e. The molecular weight excluding hydrogens is 337 g/mol. The molecule has 8 heteroatoms. The van der Waals surface area contributed by atoms with Crippen LogP contribution < -0.4 is 0 Å². The predicted molar refractivity (Wildman–Crippen MR) is 86.8 cm³/mol. The molecule has 1 aromatic heterocycles. The van der Waals surface area contributed by atoms with Gasteiger partial charge in [-0.25, -0.2) is 9.18 Å². The number of benzene rings is 2. The van der Waals surface area contributed by atoms with Gasteiger partial charge in [-0.1, -0.05) is 11.6 Å². The minimum absolute atomic E-state index is 0.0314. The first-order chi connectivity index (χ1) is 11.5. The van der Waals surface area contributed by atoms with Crippen molar-refractivity contribution in [2.45, 2.75) is 0 Å². The fourth-order valence-electron chi connectivity index (χ4n) is 2.06. The van der Waals surface area contributed by atoms with E-state index in [4.69, 9.17) is 11.6 Å². The van der Waals surface area contributed by atoms with E-state index in [9.17, 15) is 19.4 Å². The summed E-state index contributed by atoms with van der Waals surface area (Å²) in [7, 11) is 0. The van der Waals surface area contributed by atoms with Gasteiger partial charge in [0.25, 0.3) is 0 Å². The quantitative estimate of drug-likeness (QED) is 0.707. The van der Waals surface area contributed by atoms with Crippen molar-refractivity contribution in [1.82, 2.24) is 10.2 Å². The van der Waals surface area contributed by atoms with Crippen LogP contribution in [0.15, 0.2) is 41.4 Å². The highest BCUT2D eigenvalue weighted by Gasteiger charge is 2.17. The van der Waals surface area contributed by atoms with E-state index < -0.39 is 17.5 Å². The number of carboxylic acids is 1. The Morgan fingerprint density at radius 2 is 1.92 bits per heavy atom. The van der Waals surface area contributed by atoms with E-state index in [1.54, 1.807) is 12.1 Å². The maximum atomic E-state index is 13.8. The number of carbonyl (C=O) groups is 1. The summed E-state index contributed by atoms with van der Waals surface area (Å²) in [6.07, 6.45) is 1.38. The number of hydrogen-bond acceptors (Lipinski definition) is 5. The predicted octanol–water partition coefficient (Wildman–Crippen LogP) is 3.58. The second-order valence-corrected chi connectivity index (χ2v) is 5.24. The maximum absolute atomic E-state index is 13.8. The van der Waals surface area contributed by atoms with Crippen LogP contribution in [0.5, 0.6) is 5.75 Å². The smallest absolute Gasteiger partial charge is 0.358 e. The van der Waals surface area contributed by atoms with Gasteiger partial charge < -0.3 is 10.2 Å². The van der Waals surface area contributed by atoms with Crippen molar-refractivity contribution in [2.24, 2.45) is 4.99 Å². The molecular formula is C16H9ClFN3O3. The van der Waals surface area contributed by atoms with Crippen LogP contribution in [0.25, 0.3) is 10.9 Å². The summed E-state index contributed by atoms with van der Waals surface area (Å²) in [4.78, 5) is 15.5. The van der Waals surface area contributed by atoms with Crippen molar-refractivity contribution >= 4 is 40.4 Å². The van der Waals surface area contributed by atoms with Gasteiger partial charge in [0, 0.05) is 11.6 Å². The number of aromatic carboxylic acids is 1. The second kappa shape index (κ2) is 6.21. The molecule has 0 fully saturated rings. The molecule has 0 amide bonds. The molecule has 3 rings (SSSR count). The Morgan fingerprint density at radius 1 is 1.21 bits per heavy atom. The summed E-state index contributed by atoms with van der Waals surface area (Å²) < 4.78 is 13.8. The average Bonchev–Trinajstić information content (AvgIpc) is 2.55. The van der Waals surface area contributed by atoms with Crippen molar-refractivity contribution in [3.8, 4) is 5.75 Å². The second-order valence-electron chi connectivity index (χ2n) is 4.84. The van der Waals surface area contributed by atoms with E-state index in [1.165, 1.54) is 24.4 Å². The van der Waals surface area contributed by atoms with E-state index in [0.717, 1.165) is 6.07 Å². The Kier molecular flexibility index (Phi) is 4.09. The number of aliphatic imine (C=N–C) groups is 1. The lowest BCUT2D eigenvalue weighted by Gasteiger charge is -2.05. The molecule has 0 radical (unpaired) electrons. The Labute approximate surface area is 139 Å². The fraction of sp³-hybridized carbons (Fsp3) is 0. The van der Waals surface area contributed by atoms with Gasteiger partial charge in [-0.05, 0) is 42.0 Å². The zero-order chi connectivity index (χ0) is 17.3. The molecule has 120 valence electrons. The number of nitrogens with zero attached hydrogens (tertiary/aromatic N) is 3. The van der Waals surface area contributed by atoms with E-state index >= 15 is 0 Å². The normalized spacial score (nSPS) is 11.2. The highest BCUT2D eigenvalue weighted by molar-refractivity contribution is 6.31. The number of phenols is 1. The molecule has 0 bridgehead atoms. The molecule has 2 N–H and O–H groups in total. The third kappa shape index (κ3) is 3.02. The average molecular weight is 346 g/mol. The lowest BCUT2D eigenvalue weighted by molar-refractivity contribution is 0.0690. The highest BCUT2D eigenvalue weighted by atomic mass is 35.5. The molecule has 0 aliphatic rings. The number of halogens is 2. The standard InChI is InChI=1S/C16H9ClFN3O3/c17-11-6-13-10(5-12(11)18)14(15(16(23)24)21-20-13)19-7-8-1-3-9(22)4-2-8/h1-7,22H,(H,23,24). The SMILES string of the molecule is O=C(O)c1nnc2cc(Cl)c(F)cc2c1N=Cc1ccc(O)cc1. The number of carboxylic acid groups (broad SMARTS) is 1. The molecule has 24 heavy (non-hydrogen) atoms. The van der Waals surface area contributed by atoms with Crippen LogP contribution in [0.3, 0.4) is 0 Å².